The third-order valence-electron chi connectivity index (χ3n) is 11.2. The zero-order valence-corrected chi connectivity index (χ0v) is 31.4. The fourth-order valence-electron chi connectivity index (χ4n) is 8.54. The van der Waals surface area contributed by atoms with E-state index in [-0.39, 0.29) is 0 Å². The summed E-state index contributed by atoms with van der Waals surface area (Å²) in [4.78, 5) is 14.8. The second kappa shape index (κ2) is 12.6. The molecule has 0 aliphatic carbocycles. The lowest BCUT2D eigenvalue weighted by molar-refractivity contribution is 1.07. The van der Waals surface area contributed by atoms with Crippen LogP contribution >= 0.6 is 11.3 Å². The summed E-state index contributed by atoms with van der Waals surface area (Å²) in [5.41, 5.74) is 9.90. The molecule has 0 unspecified atom stereocenters. The summed E-state index contributed by atoms with van der Waals surface area (Å²) in [6.07, 6.45) is 0. The first-order valence-corrected chi connectivity index (χ1v) is 19.9. The van der Waals surface area contributed by atoms with E-state index >= 15 is 0 Å². The van der Waals surface area contributed by atoms with Crippen molar-refractivity contribution in [3.05, 3.63) is 188 Å². The molecule has 0 fully saturated rings. The predicted molar refractivity (Wildman–Crippen MR) is 238 cm³/mol. The van der Waals surface area contributed by atoms with Crippen LogP contribution in [-0.2, 0) is 0 Å². The van der Waals surface area contributed by atoms with Crippen LogP contribution in [0, 0.1) is 0 Å². The van der Waals surface area contributed by atoms with E-state index in [1.807, 2.05) is 72.0 Å². The predicted octanol–water partition coefficient (Wildman–Crippen LogP) is 13.4. The van der Waals surface area contributed by atoms with Gasteiger partial charge in [-0.25, -0.2) is 15.0 Å². The molecule has 0 atom stereocenters. The summed E-state index contributed by atoms with van der Waals surface area (Å²) < 4.78 is 7.34. The van der Waals surface area contributed by atoms with Crippen LogP contribution in [0.4, 0.5) is 0 Å². The third kappa shape index (κ3) is 5.04. The van der Waals surface area contributed by atoms with Crippen LogP contribution in [-0.4, -0.2) is 24.1 Å². The Morgan fingerprint density at radius 2 is 0.737 bits per heavy atom. The number of nitrogens with zero attached hydrogens (tertiary/aromatic N) is 5. The van der Waals surface area contributed by atoms with E-state index in [0.29, 0.717) is 17.5 Å². The van der Waals surface area contributed by atoms with Crippen LogP contribution in [0.5, 0.6) is 0 Å². The molecule has 12 rings (SSSR count). The summed E-state index contributed by atoms with van der Waals surface area (Å²) >= 11 is 1.86. The van der Waals surface area contributed by atoms with Crippen molar-refractivity contribution in [2.24, 2.45) is 0 Å². The lowest BCUT2D eigenvalue weighted by Gasteiger charge is -2.11. The number of aromatic nitrogens is 5. The number of rotatable bonds is 5. The molecule has 0 bridgehead atoms. The van der Waals surface area contributed by atoms with Gasteiger partial charge in [0.1, 0.15) is 0 Å². The van der Waals surface area contributed by atoms with Crippen molar-refractivity contribution in [2.45, 2.75) is 0 Å². The van der Waals surface area contributed by atoms with Gasteiger partial charge in [-0.2, -0.15) is 0 Å². The molecule has 8 aromatic carbocycles. The smallest absolute Gasteiger partial charge is 0.164 e. The normalized spacial score (nSPS) is 11.9. The van der Waals surface area contributed by atoms with Gasteiger partial charge in [0.2, 0.25) is 0 Å². The maximum absolute atomic E-state index is 4.97. The second-order valence-corrected chi connectivity index (χ2v) is 15.5. The summed E-state index contributed by atoms with van der Waals surface area (Å²) in [6, 6.07) is 66.7. The van der Waals surface area contributed by atoms with E-state index in [1.165, 1.54) is 69.5 Å². The van der Waals surface area contributed by atoms with Gasteiger partial charge in [0.25, 0.3) is 0 Å². The van der Waals surface area contributed by atoms with Crippen molar-refractivity contribution in [1.82, 2.24) is 24.1 Å². The molecule has 0 saturated heterocycles. The van der Waals surface area contributed by atoms with Gasteiger partial charge in [-0.3, -0.25) is 0 Å². The van der Waals surface area contributed by atoms with Gasteiger partial charge >= 0.3 is 0 Å². The van der Waals surface area contributed by atoms with Crippen LogP contribution < -0.4 is 0 Å². The molecular weight excluding hydrogens is 715 g/mol. The zero-order valence-electron chi connectivity index (χ0n) is 30.5. The summed E-state index contributed by atoms with van der Waals surface area (Å²) in [5.74, 6) is 1.95. The molecule has 0 aliphatic rings. The van der Waals surface area contributed by atoms with Crippen molar-refractivity contribution in [2.75, 3.05) is 0 Å². The van der Waals surface area contributed by atoms with E-state index in [9.17, 15) is 0 Å². The van der Waals surface area contributed by atoms with E-state index in [4.69, 9.17) is 15.0 Å². The van der Waals surface area contributed by atoms with Crippen LogP contribution in [0.1, 0.15) is 0 Å². The molecule has 57 heavy (non-hydrogen) atoms. The van der Waals surface area contributed by atoms with Crippen LogP contribution in [0.2, 0.25) is 0 Å². The second-order valence-electron chi connectivity index (χ2n) is 14.5. The van der Waals surface area contributed by atoms with E-state index < -0.39 is 0 Å². The minimum atomic E-state index is 0.642. The molecule has 4 aromatic heterocycles. The Morgan fingerprint density at radius 1 is 0.298 bits per heavy atom. The minimum absolute atomic E-state index is 0.642. The highest BCUT2D eigenvalue weighted by Crippen LogP contribution is 2.42. The maximum atomic E-state index is 4.97. The highest BCUT2D eigenvalue weighted by molar-refractivity contribution is 7.25. The Balaban J connectivity index is 0.993. The van der Waals surface area contributed by atoms with Crippen LogP contribution in [0.15, 0.2) is 188 Å². The van der Waals surface area contributed by atoms with Gasteiger partial charge in [0, 0.05) is 69.8 Å². The minimum Gasteiger partial charge on any atom is -0.309 e. The number of benzene rings is 8. The molecule has 0 saturated carbocycles. The molecule has 6 heteroatoms. The molecule has 266 valence electrons. The van der Waals surface area contributed by atoms with Crippen molar-refractivity contribution < 1.29 is 0 Å². The van der Waals surface area contributed by atoms with Gasteiger partial charge in [-0.15, -0.1) is 11.3 Å². The molecule has 0 spiro atoms. The first kappa shape index (κ1) is 31.9. The molecule has 4 heterocycles. The Hall–Kier alpha value is -7.41. The zero-order chi connectivity index (χ0) is 37.5. The molecular formula is C51H31N5S. The first-order chi connectivity index (χ1) is 28.2. The standard InChI is InChI=1S/C51H31N5S/c1-3-13-32(14-4-1)49-52-50(33-15-5-2-6-16-33)54-51(53-49)34-23-25-35(26-24-34)55-45-22-12-9-19-39(45)41-30-42-40-28-27-36(29-47(40)57-48(42)31-46(41)55)56-43-20-10-7-17-37(43)38-18-8-11-21-44(38)56/h1-31H. The third-order valence-corrected chi connectivity index (χ3v) is 12.3. The topological polar surface area (TPSA) is 48.5 Å². The van der Waals surface area contributed by atoms with Crippen LogP contribution in [0.3, 0.4) is 0 Å². The number of hydrogen-bond donors (Lipinski definition) is 0. The number of para-hydroxylation sites is 3. The van der Waals surface area contributed by atoms with Crippen molar-refractivity contribution in [1.29, 1.82) is 0 Å². The summed E-state index contributed by atoms with van der Waals surface area (Å²) in [6.45, 7) is 0. The fraction of sp³-hybridized carbons (Fsp3) is 0. The maximum Gasteiger partial charge on any atom is 0.164 e. The monoisotopic (exact) mass is 745 g/mol. The number of hydrogen-bond acceptors (Lipinski definition) is 4. The highest BCUT2D eigenvalue weighted by Gasteiger charge is 2.18. The average Bonchev–Trinajstić information content (AvgIpc) is 3.93. The Labute approximate surface area is 331 Å². The molecule has 0 amide bonds. The quantitative estimate of drug-likeness (QED) is 0.176. The largest absolute Gasteiger partial charge is 0.309 e. The van der Waals surface area contributed by atoms with Gasteiger partial charge in [-0.1, -0.05) is 121 Å². The molecule has 0 N–H and O–H groups in total. The van der Waals surface area contributed by atoms with Crippen molar-refractivity contribution in [3.8, 4) is 45.5 Å². The van der Waals surface area contributed by atoms with Gasteiger partial charge in [-0.05, 0) is 66.7 Å². The van der Waals surface area contributed by atoms with E-state index in [0.717, 1.165) is 22.4 Å². The number of fused-ring (bicyclic) bond motifs is 9. The average molecular weight is 746 g/mol. The first-order valence-electron chi connectivity index (χ1n) is 19.1. The van der Waals surface area contributed by atoms with Crippen LogP contribution in [0.25, 0.3) is 109 Å². The van der Waals surface area contributed by atoms with Gasteiger partial charge in [0.15, 0.2) is 17.5 Å². The molecule has 12 aromatic rings. The Kier molecular flexibility index (Phi) is 7.03. The molecule has 0 radical (unpaired) electrons. The molecule has 0 aliphatic heterocycles. The summed E-state index contributed by atoms with van der Waals surface area (Å²) in [5, 5.41) is 7.59. The molecule has 5 nitrogen and oxygen atoms in total. The van der Waals surface area contributed by atoms with Gasteiger partial charge in [0.05, 0.1) is 22.1 Å². The summed E-state index contributed by atoms with van der Waals surface area (Å²) in [7, 11) is 0. The fourth-order valence-corrected chi connectivity index (χ4v) is 9.70. The van der Waals surface area contributed by atoms with Crippen molar-refractivity contribution in [3.63, 3.8) is 0 Å². The highest BCUT2D eigenvalue weighted by atomic mass is 32.1. The lowest BCUT2D eigenvalue weighted by Crippen LogP contribution is -2.00. The number of thiophene rings is 1. The SMILES string of the molecule is c1ccc(-c2nc(-c3ccccc3)nc(-c3ccc(-n4c5ccccc5c5cc6c(cc54)sc4cc(-n5c7ccccc7c7ccccc75)ccc46)cc3)n2)cc1. The van der Waals surface area contributed by atoms with E-state index in [2.05, 4.69) is 137 Å². The van der Waals surface area contributed by atoms with Gasteiger partial charge < -0.3 is 9.13 Å². The lowest BCUT2D eigenvalue weighted by atomic mass is 10.1. The Bertz CT molecular complexity index is 3400. The van der Waals surface area contributed by atoms with E-state index in [1.54, 1.807) is 0 Å². The van der Waals surface area contributed by atoms with Crippen molar-refractivity contribution >= 4 is 75.1 Å². The Morgan fingerprint density at radius 3 is 1.30 bits per heavy atom.